The Hall–Kier alpha value is -3.59. The normalized spacial score (nSPS) is 11.8. The number of hydrogen-bond donors (Lipinski definition) is 2. The summed E-state index contributed by atoms with van der Waals surface area (Å²) in [5.41, 5.74) is 3.47. The zero-order chi connectivity index (χ0) is 22.0. The van der Waals surface area contributed by atoms with Gasteiger partial charge in [-0.05, 0) is 29.8 Å². The zero-order valence-electron chi connectivity index (χ0n) is 16.0. The lowest BCUT2D eigenvalue weighted by Gasteiger charge is -2.17. The van der Waals surface area contributed by atoms with Gasteiger partial charge < -0.3 is 19.6 Å². The molecule has 0 aliphatic rings. The fourth-order valence-electron chi connectivity index (χ4n) is 3.24. The fourth-order valence-corrected chi connectivity index (χ4v) is 3.24. The number of ether oxygens (including phenoxy) is 1. The molecule has 2 aromatic carbocycles. The first-order valence-electron chi connectivity index (χ1n) is 9.26. The van der Waals surface area contributed by atoms with Gasteiger partial charge in [0.25, 0.3) is 0 Å². The van der Waals surface area contributed by atoms with Gasteiger partial charge in [0.15, 0.2) is 5.82 Å². The molecule has 2 heterocycles. The Morgan fingerprint density at radius 3 is 2.65 bits per heavy atom. The van der Waals surface area contributed by atoms with Gasteiger partial charge in [-0.3, -0.25) is 0 Å². The quantitative estimate of drug-likeness (QED) is 0.381. The maximum absolute atomic E-state index is 13.2. The van der Waals surface area contributed by atoms with Gasteiger partial charge in [-0.2, -0.15) is 17.6 Å². The number of hydrogen-bond acceptors (Lipinski definition) is 4. The number of aliphatic hydroxyl groups excluding tert-OH is 1. The maximum atomic E-state index is 13.2. The highest BCUT2D eigenvalue weighted by molar-refractivity contribution is 5.79. The highest BCUT2D eigenvalue weighted by atomic mass is 19.3. The number of rotatable bonds is 7. The summed E-state index contributed by atoms with van der Waals surface area (Å²) in [6, 6.07) is 16.5. The van der Waals surface area contributed by atoms with Crippen LogP contribution >= 0.6 is 0 Å². The summed E-state index contributed by atoms with van der Waals surface area (Å²) < 4.78 is 57.2. The molecular weight excluding hydrogens is 414 g/mol. The van der Waals surface area contributed by atoms with E-state index in [1.54, 1.807) is 18.5 Å². The van der Waals surface area contributed by atoms with Gasteiger partial charge in [0.05, 0.1) is 17.8 Å². The standard InChI is InChI=1S/C22H17F4N3O2/c23-21(24)22(25,26)31-16-6-3-5-15(12-16)28-20-19-9-8-18(29(19)11-10-27-20)17-7-2-1-4-14(17)13-30/h1-12,21,30H,13H2,(H,27,28). The van der Waals surface area contributed by atoms with E-state index in [1.807, 2.05) is 40.8 Å². The Morgan fingerprint density at radius 2 is 1.87 bits per heavy atom. The van der Waals surface area contributed by atoms with E-state index in [0.717, 1.165) is 22.9 Å². The maximum Gasteiger partial charge on any atom is 0.461 e. The first-order valence-corrected chi connectivity index (χ1v) is 9.26. The third-order valence-electron chi connectivity index (χ3n) is 4.65. The zero-order valence-corrected chi connectivity index (χ0v) is 16.0. The Kier molecular flexibility index (Phi) is 5.51. The van der Waals surface area contributed by atoms with E-state index in [-0.39, 0.29) is 6.61 Å². The molecular formula is C22H17F4N3O2. The first-order chi connectivity index (χ1) is 14.9. The van der Waals surface area contributed by atoms with Crippen molar-refractivity contribution < 1.29 is 27.4 Å². The van der Waals surface area contributed by atoms with E-state index in [1.165, 1.54) is 12.1 Å². The number of nitrogens with zero attached hydrogens (tertiary/aromatic N) is 2. The van der Waals surface area contributed by atoms with Crippen molar-refractivity contribution in [2.45, 2.75) is 19.1 Å². The summed E-state index contributed by atoms with van der Waals surface area (Å²) in [5.74, 6) is 0.0168. The van der Waals surface area contributed by atoms with Crippen LogP contribution in [0.5, 0.6) is 5.75 Å². The van der Waals surface area contributed by atoms with E-state index in [4.69, 9.17) is 0 Å². The molecule has 0 spiro atoms. The second-order valence-electron chi connectivity index (χ2n) is 6.68. The molecule has 0 aliphatic heterocycles. The number of aliphatic hydroxyl groups is 1. The predicted molar refractivity (Wildman–Crippen MR) is 108 cm³/mol. The van der Waals surface area contributed by atoms with Gasteiger partial charge in [0, 0.05) is 29.7 Å². The van der Waals surface area contributed by atoms with E-state index in [0.29, 0.717) is 17.0 Å². The smallest absolute Gasteiger partial charge is 0.428 e. The van der Waals surface area contributed by atoms with Crippen LogP contribution in [0.3, 0.4) is 0 Å². The van der Waals surface area contributed by atoms with Gasteiger partial charge in [-0.25, -0.2) is 4.98 Å². The van der Waals surface area contributed by atoms with Gasteiger partial charge >= 0.3 is 12.5 Å². The van der Waals surface area contributed by atoms with Gasteiger partial charge in [0.1, 0.15) is 5.75 Å². The minimum atomic E-state index is -4.59. The molecule has 0 atom stereocenters. The molecule has 160 valence electrons. The SMILES string of the molecule is OCc1ccccc1-c1ccc2c(Nc3cccc(OC(F)(F)C(F)F)c3)nccn12. The van der Waals surface area contributed by atoms with Crippen molar-refractivity contribution in [3.05, 3.63) is 78.6 Å². The van der Waals surface area contributed by atoms with Crippen LogP contribution in [0.1, 0.15) is 5.56 Å². The summed E-state index contributed by atoms with van der Waals surface area (Å²) >= 11 is 0. The highest BCUT2D eigenvalue weighted by Crippen LogP contribution is 2.32. The molecule has 0 unspecified atom stereocenters. The van der Waals surface area contributed by atoms with E-state index in [2.05, 4.69) is 15.0 Å². The molecule has 0 saturated carbocycles. The predicted octanol–water partition coefficient (Wildman–Crippen LogP) is 5.47. The van der Waals surface area contributed by atoms with E-state index < -0.39 is 18.3 Å². The van der Waals surface area contributed by atoms with Crippen molar-refractivity contribution in [1.82, 2.24) is 9.38 Å². The molecule has 0 radical (unpaired) electrons. The van der Waals surface area contributed by atoms with Crippen LogP contribution in [0.4, 0.5) is 29.1 Å². The van der Waals surface area contributed by atoms with Crippen LogP contribution in [-0.2, 0) is 6.61 Å². The number of fused-ring (bicyclic) bond motifs is 1. The number of nitrogens with one attached hydrogen (secondary N) is 1. The van der Waals surface area contributed by atoms with Crippen molar-refractivity contribution in [2.75, 3.05) is 5.32 Å². The molecule has 9 heteroatoms. The number of aromatic nitrogens is 2. The van der Waals surface area contributed by atoms with Gasteiger partial charge in [-0.15, -0.1) is 0 Å². The molecule has 5 nitrogen and oxygen atoms in total. The summed E-state index contributed by atoms with van der Waals surface area (Å²) in [4.78, 5) is 4.29. The molecule has 0 bridgehead atoms. The largest absolute Gasteiger partial charge is 0.461 e. The third kappa shape index (κ3) is 4.17. The van der Waals surface area contributed by atoms with E-state index in [9.17, 15) is 22.7 Å². The highest BCUT2D eigenvalue weighted by Gasteiger charge is 2.44. The summed E-state index contributed by atoms with van der Waals surface area (Å²) in [7, 11) is 0. The summed E-state index contributed by atoms with van der Waals surface area (Å²) in [6.07, 6.45) is -5.22. The second kappa shape index (κ2) is 8.27. The Morgan fingerprint density at radius 1 is 1.06 bits per heavy atom. The van der Waals surface area contributed by atoms with Crippen molar-refractivity contribution >= 4 is 17.0 Å². The Labute approximate surface area is 174 Å². The Balaban J connectivity index is 1.66. The third-order valence-corrected chi connectivity index (χ3v) is 4.65. The molecule has 4 aromatic rings. The van der Waals surface area contributed by atoms with E-state index >= 15 is 0 Å². The lowest BCUT2D eigenvalue weighted by atomic mass is 10.1. The minimum absolute atomic E-state index is 0.115. The molecule has 4 rings (SSSR count). The molecule has 0 amide bonds. The topological polar surface area (TPSA) is 58.8 Å². The van der Waals surface area contributed by atoms with Crippen LogP contribution in [0, 0.1) is 0 Å². The minimum Gasteiger partial charge on any atom is -0.428 e. The number of alkyl halides is 4. The summed E-state index contributed by atoms with van der Waals surface area (Å²) in [5, 5.41) is 12.6. The van der Waals surface area contributed by atoms with Crippen LogP contribution in [0.15, 0.2) is 73.1 Å². The molecule has 0 saturated heterocycles. The van der Waals surface area contributed by atoms with Crippen LogP contribution in [0.2, 0.25) is 0 Å². The molecule has 31 heavy (non-hydrogen) atoms. The molecule has 2 aromatic heterocycles. The average molecular weight is 431 g/mol. The second-order valence-corrected chi connectivity index (χ2v) is 6.68. The number of anilines is 2. The van der Waals surface area contributed by atoms with Crippen molar-refractivity contribution in [1.29, 1.82) is 0 Å². The molecule has 0 aliphatic carbocycles. The van der Waals surface area contributed by atoms with Crippen molar-refractivity contribution in [3.63, 3.8) is 0 Å². The van der Waals surface area contributed by atoms with Crippen LogP contribution in [-0.4, -0.2) is 27.0 Å². The lowest BCUT2D eigenvalue weighted by molar-refractivity contribution is -0.253. The van der Waals surface area contributed by atoms with Crippen LogP contribution in [0.25, 0.3) is 16.8 Å². The molecule has 2 N–H and O–H groups in total. The monoisotopic (exact) mass is 431 g/mol. The molecule has 0 fully saturated rings. The number of benzene rings is 2. The lowest BCUT2D eigenvalue weighted by Crippen LogP contribution is -2.33. The average Bonchev–Trinajstić information content (AvgIpc) is 3.18. The first kappa shape index (κ1) is 20.7. The van der Waals surface area contributed by atoms with Gasteiger partial charge in [0.2, 0.25) is 0 Å². The van der Waals surface area contributed by atoms with Crippen molar-refractivity contribution in [2.24, 2.45) is 0 Å². The van der Waals surface area contributed by atoms with Crippen molar-refractivity contribution in [3.8, 4) is 17.0 Å². The number of halogens is 4. The van der Waals surface area contributed by atoms with Crippen LogP contribution < -0.4 is 10.1 Å². The summed E-state index contributed by atoms with van der Waals surface area (Å²) in [6.45, 7) is -0.115. The Bertz CT molecular complexity index is 1210. The van der Waals surface area contributed by atoms with Gasteiger partial charge in [-0.1, -0.05) is 30.3 Å². The fraction of sp³-hybridized carbons (Fsp3) is 0.136.